The van der Waals surface area contributed by atoms with Crippen LogP contribution in [0.5, 0.6) is 0 Å². The molecule has 0 bridgehead atoms. The van der Waals surface area contributed by atoms with Crippen LogP contribution in [0.2, 0.25) is 0 Å². The highest BCUT2D eigenvalue weighted by atomic mass is 16.1. The smallest absolute Gasteiger partial charge is 0.161 e. The SMILES string of the molecule is CC1CCC/C(=C/C2CCC[N+]2(C)C)C1=O. The normalized spacial score (nSPS) is 36.9. The second kappa shape index (κ2) is 4.33. The van der Waals surface area contributed by atoms with Crippen molar-refractivity contribution in [2.75, 3.05) is 20.6 Å². The van der Waals surface area contributed by atoms with Crippen molar-refractivity contribution in [3.8, 4) is 0 Å². The molecule has 0 spiro atoms. The number of Topliss-reactive ketones (excluding diaryl/α,β-unsaturated/α-hetero) is 1. The monoisotopic (exact) mass is 222 g/mol. The summed E-state index contributed by atoms with van der Waals surface area (Å²) in [6.45, 7) is 3.32. The summed E-state index contributed by atoms with van der Waals surface area (Å²) in [5, 5.41) is 0. The lowest BCUT2D eigenvalue weighted by Gasteiger charge is -2.31. The number of carbonyl (C=O) groups excluding carboxylic acids is 1. The van der Waals surface area contributed by atoms with Crippen molar-refractivity contribution < 1.29 is 9.28 Å². The van der Waals surface area contributed by atoms with Crippen LogP contribution in [0.4, 0.5) is 0 Å². The molecular weight excluding hydrogens is 198 g/mol. The molecule has 1 aliphatic carbocycles. The number of allylic oxidation sites excluding steroid dienone is 1. The highest BCUT2D eigenvalue weighted by Crippen LogP contribution is 2.29. The minimum atomic E-state index is 0.261. The van der Waals surface area contributed by atoms with Crippen molar-refractivity contribution in [3.63, 3.8) is 0 Å². The van der Waals surface area contributed by atoms with Crippen LogP contribution in [0, 0.1) is 5.92 Å². The highest BCUT2D eigenvalue weighted by molar-refractivity contribution is 5.97. The molecular formula is C14H24NO+. The maximum absolute atomic E-state index is 12.0. The van der Waals surface area contributed by atoms with Gasteiger partial charge in [0.25, 0.3) is 0 Å². The third kappa shape index (κ3) is 2.22. The fraction of sp³-hybridized carbons (Fsp3) is 0.786. The summed E-state index contributed by atoms with van der Waals surface area (Å²) in [6.07, 6.45) is 8.13. The highest BCUT2D eigenvalue weighted by Gasteiger charge is 2.34. The van der Waals surface area contributed by atoms with Crippen molar-refractivity contribution in [2.24, 2.45) is 5.92 Å². The number of likely N-dealkylation sites (tertiary alicyclic amines) is 1. The van der Waals surface area contributed by atoms with Gasteiger partial charge in [-0.05, 0) is 30.9 Å². The number of rotatable bonds is 1. The summed E-state index contributed by atoms with van der Waals surface area (Å²) in [4.78, 5) is 12.0. The molecule has 1 saturated carbocycles. The number of quaternary nitrogens is 1. The van der Waals surface area contributed by atoms with Crippen molar-refractivity contribution in [1.29, 1.82) is 0 Å². The summed E-state index contributed by atoms with van der Waals surface area (Å²) in [5.41, 5.74) is 1.12. The lowest BCUT2D eigenvalue weighted by atomic mass is 9.84. The summed E-state index contributed by atoms with van der Waals surface area (Å²) in [5.74, 6) is 0.676. The summed E-state index contributed by atoms with van der Waals surface area (Å²) < 4.78 is 1.06. The quantitative estimate of drug-likeness (QED) is 0.492. The van der Waals surface area contributed by atoms with Crippen LogP contribution in [-0.4, -0.2) is 36.9 Å². The van der Waals surface area contributed by atoms with E-state index in [2.05, 4.69) is 27.1 Å². The Labute approximate surface area is 98.9 Å². The van der Waals surface area contributed by atoms with Crippen molar-refractivity contribution >= 4 is 5.78 Å². The first-order valence-electron chi connectivity index (χ1n) is 6.58. The molecule has 1 aliphatic heterocycles. The third-order valence-corrected chi connectivity index (χ3v) is 4.37. The molecule has 2 heteroatoms. The zero-order valence-electron chi connectivity index (χ0n) is 10.8. The summed E-state index contributed by atoms with van der Waals surface area (Å²) >= 11 is 0. The Morgan fingerprint density at radius 1 is 1.25 bits per heavy atom. The first-order valence-corrected chi connectivity index (χ1v) is 6.58. The van der Waals surface area contributed by atoms with Gasteiger partial charge in [-0.25, -0.2) is 0 Å². The predicted octanol–water partition coefficient (Wildman–Crippen LogP) is 2.54. The maximum atomic E-state index is 12.0. The van der Waals surface area contributed by atoms with Gasteiger partial charge in [0, 0.05) is 18.8 Å². The number of likely N-dealkylation sites (N-methyl/N-ethyl adjacent to an activating group) is 1. The molecule has 2 fully saturated rings. The fourth-order valence-corrected chi connectivity index (χ4v) is 3.08. The molecule has 0 aromatic rings. The molecule has 0 amide bonds. The van der Waals surface area contributed by atoms with Gasteiger partial charge in [-0.1, -0.05) is 6.92 Å². The third-order valence-electron chi connectivity index (χ3n) is 4.37. The van der Waals surface area contributed by atoms with Crippen LogP contribution in [0.3, 0.4) is 0 Å². The van der Waals surface area contributed by atoms with Crippen LogP contribution in [0.15, 0.2) is 11.6 Å². The van der Waals surface area contributed by atoms with E-state index in [4.69, 9.17) is 0 Å². The van der Waals surface area contributed by atoms with Crippen LogP contribution >= 0.6 is 0 Å². The Morgan fingerprint density at radius 3 is 2.62 bits per heavy atom. The number of ketones is 1. The van der Waals surface area contributed by atoms with E-state index in [-0.39, 0.29) is 5.92 Å². The van der Waals surface area contributed by atoms with Crippen molar-refractivity contribution in [2.45, 2.75) is 45.1 Å². The second-order valence-corrected chi connectivity index (χ2v) is 6.06. The molecule has 0 N–H and O–H groups in total. The van der Waals surface area contributed by atoms with E-state index in [1.807, 2.05) is 0 Å². The number of hydrogen-bond acceptors (Lipinski definition) is 1. The average Bonchev–Trinajstić information content (AvgIpc) is 2.54. The molecule has 2 nitrogen and oxygen atoms in total. The van der Waals surface area contributed by atoms with Gasteiger partial charge in [-0.15, -0.1) is 0 Å². The van der Waals surface area contributed by atoms with E-state index in [0.717, 1.165) is 22.9 Å². The average molecular weight is 222 g/mol. The first kappa shape index (κ1) is 11.8. The molecule has 2 aliphatic rings. The van der Waals surface area contributed by atoms with Gasteiger partial charge in [0.2, 0.25) is 0 Å². The minimum absolute atomic E-state index is 0.261. The van der Waals surface area contributed by atoms with Crippen LogP contribution in [0.25, 0.3) is 0 Å². The van der Waals surface area contributed by atoms with E-state index in [0.29, 0.717) is 11.8 Å². The van der Waals surface area contributed by atoms with E-state index in [1.54, 1.807) is 0 Å². The van der Waals surface area contributed by atoms with E-state index >= 15 is 0 Å². The molecule has 2 rings (SSSR count). The van der Waals surface area contributed by atoms with Crippen molar-refractivity contribution in [1.82, 2.24) is 0 Å². The zero-order chi connectivity index (χ0) is 11.8. The molecule has 1 saturated heterocycles. The molecule has 1 heterocycles. The van der Waals surface area contributed by atoms with Gasteiger partial charge in [-0.2, -0.15) is 0 Å². The zero-order valence-corrected chi connectivity index (χ0v) is 10.8. The second-order valence-electron chi connectivity index (χ2n) is 6.06. The first-order chi connectivity index (χ1) is 7.50. The van der Waals surface area contributed by atoms with Crippen molar-refractivity contribution in [3.05, 3.63) is 11.6 Å². The summed E-state index contributed by atoms with van der Waals surface area (Å²) in [7, 11) is 4.57. The topological polar surface area (TPSA) is 17.1 Å². The number of carbonyl (C=O) groups is 1. The maximum Gasteiger partial charge on any atom is 0.161 e. The van der Waals surface area contributed by atoms with Gasteiger partial charge in [0.1, 0.15) is 6.04 Å². The van der Waals surface area contributed by atoms with Gasteiger partial charge < -0.3 is 4.48 Å². The van der Waals surface area contributed by atoms with E-state index in [9.17, 15) is 4.79 Å². The molecule has 2 atom stereocenters. The lowest BCUT2D eigenvalue weighted by molar-refractivity contribution is -0.895. The van der Waals surface area contributed by atoms with Crippen LogP contribution < -0.4 is 0 Å². The minimum Gasteiger partial charge on any atom is -0.323 e. The Bertz CT molecular complexity index is 317. The molecule has 90 valence electrons. The van der Waals surface area contributed by atoms with Crippen LogP contribution in [0.1, 0.15) is 39.0 Å². The molecule has 2 unspecified atom stereocenters. The Hall–Kier alpha value is -0.630. The molecule has 0 radical (unpaired) electrons. The van der Waals surface area contributed by atoms with Gasteiger partial charge in [0.05, 0.1) is 20.6 Å². The van der Waals surface area contributed by atoms with Gasteiger partial charge >= 0.3 is 0 Å². The summed E-state index contributed by atoms with van der Waals surface area (Å²) in [6, 6.07) is 0.573. The largest absolute Gasteiger partial charge is 0.323 e. The molecule has 16 heavy (non-hydrogen) atoms. The number of hydrogen-bond donors (Lipinski definition) is 0. The Balaban J connectivity index is 2.14. The Morgan fingerprint density at radius 2 is 2.00 bits per heavy atom. The Kier molecular flexibility index (Phi) is 3.20. The standard InChI is InChI=1S/C14H24NO/c1-11-6-4-7-12(14(11)16)10-13-8-5-9-15(13,2)3/h10-11,13H,4-9H2,1-3H3/q+1/b12-10-. The van der Waals surface area contributed by atoms with Crippen LogP contribution in [-0.2, 0) is 4.79 Å². The predicted molar refractivity (Wildman–Crippen MR) is 66.1 cm³/mol. The lowest BCUT2D eigenvalue weighted by Crippen LogP contribution is -2.43. The molecule has 0 aromatic carbocycles. The van der Waals surface area contributed by atoms with E-state index < -0.39 is 0 Å². The van der Waals surface area contributed by atoms with E-state index in [1.165, 1.54) is 25.8 Å². The van der Waals surface area contributed by atoms with Gasteiger partial charge in [-0.3, -0.25) is 4.79 Å². The fourth-order valence-electron chi connectivity index (χ4n) is 3.08. The van der Waals surface area contributed by atoms with Gasteiger partial charge in [0.15, 0.2) is 5.78 Å². The number of nitrogens with zero attached hydrogens (tertiary/aromatic N) is 1. The molecule has 0 aromatic heterocycles.